The van der Waals surface area contributed by atoms with Crippen LogP contribution in [0, 0.1) is 0 Å². The maximum Gasteiger partial charge on any atom is 0.326 e. The molecule has 1 aliphatic heterocycles. The van der Waals surface area contributed by atoms with Gasteiger partial charge in [0, 0.05) is 6.04 Å². The lowest BCUT2D eigenvalue weighted by Crippen LogP contribution is -2.52. The van der Waals surface area contributed by atoms with Gasteiger partial charge in [0.25, 0.3) is 5.91 Å². The van der Waals surface area contributed by atoms with Crippen molar-refractivity contribution in [1.82, 2.24) is 4.90 Å². The molecule has 6 heteroatoms. The molecule has 0 radical (unpaired) electrons. The van der Waals surface area contributed by atoms with E-state index in [-0.39, 0.29) is 18.6 Å². The molecule has 1 aromatic rings. The van der Waals surface area contributed by atoms with E-state index in [9.17, 15) is 9.59 Å². The molecule has 21 heavy (non-hydrogen) atoms. The molecule has 2 atom stereocenters. The summed E-state index contributed by atoms with van der Waals surface area (Å²) in [5, 5.41) is 9.17. The molecule has 1 aromatic carbocycles. The third-order valence-corrected chi connectivity index (χ3v) is 3.75. The molecular weight excluding hydrogens is 274 g/mol. The number of carboxylic acids is 1. The Balaban J connectivity index is 1.77. The van der Waals surface area contributed by atoms with Crippen LogP contribution in [0.4, 0.5) is 0 Å². The van der Waals surface area contributed by atoms with Crippen LogP contribution in [0.1, 0.15) is 19.8 Å². The van der Waals surface area contributed by atoms with Gasteiger partial charge in [0.15, 0.2) is 11.5 Å². The Hall–Kier alpha value is -2.24. The van der Waals surface area contributed by atoms with E-state index in [1.807, 2.05) is 6.07 Å². The Bertz CT molecular complexity index is 569. The summed E-state index contributed by atoms with van der Waals surface area (Å²) in [5.41, 5.74) is 0. The number of para-hydroxylation sites is 2. The maximum atomic E-state index is 12.6. The number of aliphatic carboxylic acids is 1. The summed E-state index contributed by atoms with van der Waals surface area (Å²) in [6.45, 7) is 1.63. The summed E-state index contributed by atoms with van der Waals surface area (Å²) in [5.74, 6) is -0.207. The molecule has 0 aromatic heterocycles. The smallest absolute Gasteiger partial charge is 0.326 e. The molecule has 0 bridgehead atoms. The van der Waals surface area contributed by atoms with Crippen molar-refractivity contribution in [3.05, 3.63) is 24.3 Å². The van der Waals surface area contributed by atoms with Gasteiger partial charge in [-0.2, -0.15) is 0 Å². The van der Waals surface area contributed by atoms with Gasteiger partial charge in [-0.15, -0.1) is 0 Å². The average molecular weight is 291 g/mol. The van der Waals surface area contributed by atoms with Crippen molar-refractivity contribution < 1.29 is 24.2 Å². The van der Waals surface area contributed by atoms with Crippen molar-refractivity contribution in [2.24, 2.45) is 0 Å². The van der Waals surface area contributed by atoms with Gasteiger partial charge >= 0.3 is 5.97 Å². The second-order valence-corrected chi connectivity index (χ2v) is 5.36. The number of carboxylic acid groups (broad SMARTS) is 1. The van der Waals surface area contributed by atoms with E-state index >= 15 is 0 Å². The fourth-order valence-corrected chi connectivity index (χ4v) is 2.47. The molecule has 112 valence electrons. The largest absolute Gasteiger partial charge is 0.485 e. The number of hydrogen-bond donors (Lipinski definition) is 1. The number of benzene rings is 1. The van der Waals surface area contributed by atoms with Crippen LogP contribution in [0.15, 0.2) is 24.3 Å². The zero-order valence-electron chi connectivity index (χ0n) is 11.7. The minimum Gasteiger partial charge on any atom is -0.485 e. The van der Waals surface area contributed by atoms with E-state index in [4.69, 9.17) is 14.6 Å². The first-order chi connectivity index (χ1) is 10.1. The number of carbonyl (C=O) groups excluding carboxylic acids is 1. The predicted octanol–water partition coefficient (Wildman–Crippen LogP) is 1.29. The molecule has 0 saturated heterocycles. The highest BCUT2D eigenvalue weighted by Crippen LogP contribution is 2.34. The van der Waals surface area contributed by atoms with Crippen LogP contribution in [0.5, 0.6) is 11.5 Å². The first kappa shape index (κ1) is 13.7. The van der Waals surface area contributed by atoms with E-state index in [2.05, 4.69) is 0 Å². The lowest BCUT2D eigenvalue weighted by Gasteiger charge is -2.32. The van der Waals surface area contributed by atoms with Crippen molar-refractivity contribution in [3.63, 3.8) is 0 Å². The van der Waals surface area contributed by atoms with Crippen LogP contribution >= 0.6 is 0 Å². The first-order valence-electron chi connectivity index (χ1n) is 7.01. The molecule has 1 fully saturated rings. The van der Waals surface area contributed by atoms with Crippen molar-refractivity contribution in [2.45, 2.75) is 38.0 Å². The Morgan fingerprint density at radius 2 is 1.95 bits per heavy atom. The number of carbonyl (C=O) groups is 2. The Morgan fingerprint density at radius 3 is 2.57 bits per heavy atom. The highest BCUT2D eigenvalue weighted by Gasteiger charge is 2.42. The highest BCUT2D eigenvalue weighted by atomic mass is 16.6. The van der Waals surface area contributed by atoms with Crippen molar-refractivity contribution in [3.8, 4) is 11.5 Å². The molecule has 6 nitrogen and oxygen atoms in total. The van der Waals surface area contributed by atoms with Gasteiger partial charge in [-0.3, -0.25) is 4.79 Å². The summed E-state index contributed by atoms with van der Waals surface area (Å²) in [6.07, 6.45) is 0.892. The van der Waals surface area contributed by atoms with Gasteiger partial charge in [-0.1, -0.05) is 12.1 Å². The summed E-state index contributed by atoms with van der Waals surface area (Å²) in [7, 11) is 0. The zero-order chi connectivity index (χ0) is 15.0. The van der Waals surface area contributed by atoms with Crippen LogP contribution in [0.2, 0.25) is 0 Å². The summed E-state index contributed by atoms with van der Waals surface area (Å²) in [6, 6.07) is 6.28. The minimum atomic E-state index is -1.01. The molecule has 0 spiro atoms. The molecular formula is C15H17NO5. The topological polar surface area (TPSA) is 76.1 Å². The van der Waals surface area contributed by atoms with E-state index in [1.54, 1.807) is 18.2 Å². The normalized spacial score (nSPS) is 21.5. The number of rotatable bonds is 4. The van der Waals surface area contributed by atoms with E-state index in [1.165, 1.54) is 11.8 Å². The third-order valence-electron chi connectivity index (χ3n) is 3.75. The van der Waals surface area contributed by atoms with Crippen LogP contribution in [0.25, 0.3) is 0 Å². The SMILES string of the molecule is CC(C(=O)O)N(C(=O)C1COc2ccccc2O1)C1CC1. The van der Waals surface area contributed by atoms with Crippen LogP contribution in [0.3, 0.4) is 0 Å². The van der Waals surface area contributed by atoms with Gasteiger partial charge in [0.2, 0.25) is 6.10 Å². The Kier molecular flexibility index (Phi) is 3.45. The van der Waals surface area contributed by atoms with Crippen molar-refractivity contribution in [1.29, 1.82) is 0 Å². The lowest BCUT2D eigenvalue weighted by molar-refractivity contribution is -0.154. The fourth-order valence-electron chi connectivity index (χ4n) is 2.47. The Morgan fingerprint density at radius 1 is 1.29 bits per heavy atom. The lowest BCUT2D eigenvalue weighted by atomic mass is 10.2. The molecule has 1 heterocycles. The molecule has 1 aliphatic carbocycles. The standard InChI is InChI=1S/C15H17NO5/c1-9(15(18)19)16(10-6-7-10)14(17)13-8-20-11-4-2-3-5-12(11)21-13/h2-5,9-10,13H,6-8H2,1H3,(H,18,19). The average Bonchev–Trinajstić information content (AvgIpc) is 3.31. The van der Waals surface area contributed by atoms with Gasteiger partial charge in [-0.25, -0.2) is 4.79 Å². The minimum absolute atomic E-state index is 0.00405. The third kappa shape index (κ3) is 2.66. The summed E-state index contributed by atoms with van der Waals surface area (Å²) >= 11 is 0. The Labute approximate surface area is 122 Å². The molecule has 2 unspecified atom stereocenters. The number of fused-ring (bicyclic) bond motifs is 1. The molecule has 3 rings (SSSR count). The van der Waals surface area contributed by atoms with E-state index < -0.39 is 18.1 Å². The van der Waals surface area contributed by atoms with Gasteiger partial charge < -0.3 is 19.5 Å². The van der Waals surface area contributed by atoms with E-state index in [0.29, 0.717) is 11.5 Å². The summed E-state index contributed by atoms with van der Waals surface area (Å²) in [4.78, 5) is 25.2. The van der Waals surface area contributed by atoms with E-state index in [0.717, 1.165) is 12.8 Å². The monoisotopic (exact) mass is 291 g/mol. The second-order valence-electron chi connectivity index (χ2n) is 5.36. The second kappa shape index (κ2) is 5.27. The molecule has 1 N–H and O–H groups in total. The molecule has 2 aliphatic rings. The van der Waals surface area contributed by atoms with Gasteiger partial charge in [0.05, 0.1) is 0 Å². The quantitative estimate of drug-likeness (QED) is 0.904. The number of ether oxygens (including phenoxy) is 2. The van der Waals surface area contributed by atoms with Crippen molar-refractivity contribution in [2.75, 3.05) is 6.61 Å². The molecule has 1 saturated carbocycles. The number of hydrogen-bond acceptors (Lipinski definition) is 4. The maximum absolute atomic E-state index is 12.6. The zero-order valence-corrected chi connectivity index (χ0v) is 11.7. The highest BCUT2D eigenvalue weighted by molar-refractivity contribution is 5.87. The van der Waals surface area contributed by atoms with Crippen LogP contribution in [-0.2, 0) is 9.59 Å². The number of nitrogens with zero attached hydrogens (tertiary/aromatic N) is 1. The first-order valence-corrected chi connectivity index (χ1v) is 7.01. The summed E-state index contributed by atoms with van der Waals surface area (Å²) < 4.78 is 11.2. The predicted molar refractivity (Wildman–Crippen MR) is 73.3 cm³/mol. The number of amides is 1. The van der Waals surface area contributed by atoms with Crippen molar-refractivity contribution >= 4 is 11.9 Å². The van der Waals surface area contributed by atoms with Crippen LogP contribution < -0.4 is 9.47 Å². The van der Waals surface area contributed by atoms with Gasteiger partial charge in [0.1, 0.15) is 12.6 Å². The fraction of sp³-hybridized carbons (Fsp3) is 0.467. The van der Waals surface area contributed by atoms with Gasteiger partial charge in [-0.05, 0) is 31.9 Å². The van der Waals surface area contributed by atoms with Crippen LogP contribution in [-0.4, -0.2) is 46.7 Å². The molecule has 1 amide bonds.